The number of hydrogen-bond acceptors (Lipinski definition) is 2. The van der Waals surface area contributed by atoms with E-state index < -0.39 is 9.84 Å². The highest BCUT2D eigenvalue weighted by atomic mass is 79.9. The van der Waals surface area contributed by atoms with Crippen LogP contribution in [0.3, 0.4) is 0 Å². The highest BCUT2D eigenvalue weighted by Crippen LogP contribution is 2.18. The van der Waals surface area contributed by atoms with Gasteiger partial charge in [0.05, 0.1) is 5.75 Å². The predicted molar refractivity (Wildman–Crippen MR) is 76.8 cm³/mol. The summed E-state index contributed by atoms with van der Waals surface area (Å²) in [6, 6.07) is 7.70. The lowest BCUT2D eigenvalue weighted by atomic mass is 9.99. The van der Waals surface area contributed by atoms with Crippen molar-refractivity contribution in [3.05, 3.63) is 34.9 Å². The van der Waals surface area contributed by atoms with Gasteiger partial charge >= 0.3 is 0 Å². The number of alkyl halides is 1. The van der Waals surface area contributed by atoms with Gasteiger partial charge in [-0.1, -0.05) is 39.7 Å². The van der Waals surface area contributed by atoms with Crippen LogP contribution in [0.4, 0.5) is 0 Å². The van der Waals surface area contributed by atoms with E-state index in [1.807, 2.05) is 24.3 Å². The van der Waals surface area contributed by atoms with Gasteiger partial charge in [-0.3, -0.25) is 0 Å². The van der Waals surface area contributed by atoms with Crippen molar-refractivity contribution < 1.29 is 8.42 Å². The topological polar surface area (TPSA) is 34.1 Å². The summed E-state index contributed by atoms with van der Waals surface area (Å²) in [6.07, 6.45) is 2.80. The van der Waals surface area contributed by atoms with Gasteiger partial charge in [0.1, 0.15) is 9.84 Å². The molecule has 0 aliphatic carbocycles. The minimum absolute atomic E-state index is 0.240. The molecule has 0 aliphatic heterocycles. The zero-order valence-electron chi connectivity index (χ0n) is 9.70. The molecule has 2 nitrogen and oxygen atoms in total. The van der Waals surface area contributed by atoms with Crippen molar-refractivity contribution in [2.24, 2.45) is 5.92 Å². The predicted octanol–water partition coefficient (Wildman–Crippen LogP) is 3.33. The Morgan fingerprint density at radius 2 is 2.12 bits per heavy atom. The smallest absolute Gasteiger partial charge is 0.147 e. The van der Waals surface area contributed by atoms with Crippen LogP contribution in [0.2, 0.25) is 5.02 Å². The van der Waals surface area contributed by atoms with Crippen molar-refractivity contribution in [1.29, 1.82) is 0 Å². The molecule has 0 aromatic heterocycles. The average Bonchev–Trinajstić information content (AvgIpc) is 2.23. The SMILES string of the molecule is CS(=O)(=O)CCC(CBr)Cc1cccc(Cl)c1. The molecule has 5 heteroatoms. The van der Waals surface area contributed by atoms with Crippen molar-refractivity contribution in [2.75, 3.05) is 17.3 Å². The van der Waals surface area contributed by atoms with Crippen LogP contribution in [0.5, 0.6) is 0 Å². The molecule has 17 heavy (non-hydrogen) atoms. The lowest BCUT2D eigenvalue weighted by Gasteiger charge is -2.13. The Labute approximate surface area is 116 Å². The maximum atomic E-state index is 11.1. The standard InChI is InChI=1S/C12H16BrClO2S/c1-17(15,16)6-5-11(9-13)7-10-3-2-4-12(14)8-10/h2-4,8,11H,5-7,9H2,1H3. The molecule has 96 valence electrons. The summed E-state index contributed by atoms with van der Waals surface area (Å²) >= 11 is 9.35. The third kappa shape index (κ3) is 6.43. The van der Waals surface area contributed by atoms with E-state index in [1.165, 1.54) is 6.26 Å². The van der Waals surface area contributed by atoms with E-state index in [-0.39, 0.29) is 5.75 Å². The van der Waals surface area contributed by atoms with E-state index in [2.05, 4.69) is 15.9 Å². The number of sulfone groups is 1. The van der Waals surface area contributed by atoms with Crippen LogP contribution >= 0.6 is 27.5 Å². The van der Waals surface area contributed by atoms with Crippen molar-refractivity contribution in [1.82, 2.24) is 0 Å². The molecule has 0 spiro atoms. The second-order valence-electron chi connectivity index (χ2n) is 4.27. The van der Waals surface area contributed by atoms with Gasteiger partial charge in [-0.05, 0) is 36.5 Å². The summed E-state index contributed by atoms with van der Waals surface area (Å²) in [6.45, 7) is 0. The first-order valence-electron chi connectivity index (χ1n) is 5.39. The molecule has 0 heterocycles. The molecule has 0 radical (unpaired) electrons. The molecule has 1 atom stereocenters. The summed E-state index contributed by atoms with van der Waals surface area (Å²) < 4.78 is 22.2. The van der Waals surface area contributed by atoms with Crippen molar-refractivity contribution >= 4 is 37.4 Å². The van der Waals surface area contributed by atoms with Gasteiger partial charge in [0.25, 0.3) is 0 Å². The number of rotatable bonds is 6. The lowest BCUT2D eigenvalue weighted by molar-refractivity contribution is 0.555. The Morgan fingerprint density at radius 3 is 2.65 bits per heavy atom. The summed E-state index contributed by atoms with van der Waals surface area (Å²) in [5.74, 6) is 0.562. The van der Waals surface area contributed by atoms with Gasteiger partial charge in [-0.15, -0.1) is 0 Å². The van der Waals surface area contributed by atoms with E-state index in [1.54, 1.807) is 0 Å². The molecule has 0 bridgehead atoms. The third-order valence-corrected chi connectivity index (χ3v) is 4.66. The maximum Gasteiger partial charge on any atom is 0.147 e. The maximum absolute atomic E-state index is 11.1. The largest absolute Gasteiger partial charge is 0.229 e. The number of benzene rings is 1. The normalized spacial score (nSPS) is 13.6. The molecular formula is C12H16BrClO2S. The van der Waals surface area contributed by atoms with Gasteiger partial charge in [-0.25, -0.2) is 8.42 Å². The average molecular weight is 340 g/mol. The Hall–Kier alpha value is -0.0600. The van der Waals surface area contributed by atoms with Gasteiger partial charge in [0, 0.05) is 16.6 Å². The molecular weight excluding hydrogens is 324 g/mol. The quantitative estimate of drug-likeness (QED) is 0.745. The van der Waals surface area contributed by atoms with E-state index >= 15 is 0 Å². The van der Waals surface area contributed by atoms with Crippen LogP contribution < -0.4 is 0 Å². The van der Waals surface area contributed by atoms with Crippen LogP contribution in [0.25, 0.3) is 0 Å². The zero-order chi connectivity index (χ0) is 12.9. The van der Waals surface area contributed by atoms with E-state index in [0.29, 0.717) is 12.3 Å². The van der Waals surface area contributed by atoms with E-state index in [9.17, 15) is 8.42 Å². The van der Waals surface area contributed by atoms with Crippen molar-refractivity contribution in [2.45, 2.75) is 12.8 Å². The molecule has 0 aliphatic rings. The highest BCUT2D eigenvalue weighted by Gasteiger charge is 2.12. The molecule has 1 aromatic carbocycles. The van der Waals surface area contributed by atoms with E-state index in [4.69, 9.17) is 11.6 Å². The Morgan fingerprint density at radius 1 is 1.41 bits per heavy atom. The summed E-state index contributed by atoms with van der Waals surface area (Å²) in [5, 5.41) is 1.52. The molecule has 0 N–H and O–H groups in total. The molecule has 0 amide bonds. The zero-order valence-corrected chi connectivity index (χ0v) is 12.9. The minimum atomic E-state index is -2.88. The second-order valence-corrected chi connectivity index (χ2v) is 7.62. The monoisotopic (exact) mass is 338 g/mol. The Kier molecular flexibility index (Phi) is 5.97. The number of halogens is 2. The summed E-state index contributed by atoms with van der Waals surface area (Å²) in [4.78, 5) is 0. The summed E-state index contributed by atoms with van der Waals surface area (Å²) in [7, 11) is -2.88. The first kappa shape index (κ1) is 15.0. The first-order chi connectivity index (χ1) is 7.90. The Balaban J connectivity index is 2.58. The molecule has 0 saturated heterocycles. The fraction of sp³-hybridized carbons (Fsp3) is 0.500. The van der Waals surface area contributed by atoms with Crippen LogP contribution in [-0.2, 0) is 16.3 Å². The number of hydrogen-bond donors (Lipinski definition) is 0. The minimum Gasteiger partial charge on any atom is -0.229 e. The van der Waals surface area contributed by atoms with Gasteiger partial charge in [0.15, 0.2) is 0 Å². The highest BCUT2D eigenvalue weighted by molar-refractivity contribution is 9.09. The van der Waals surface area contributed by atoms with E-state index in [0.717, 1.165) is 22.3 Å². The van der Waals surface area contributed by atoms with Crippen LogP contribution in [0.1, 0.15) is 12.0 Å². The van der Waals surface area contributed by atoms with Crippen molar-refractivity contribution in [3.63, 3.8) is 0 Å². The van der Waals surface area contributed by atoms with Crippen molar-refractivity contribution in [3.8, 4) is 0 Å². The van der Waals surface area contributed by atoms with Gasteiger partial charge < -0.3 is 0 Å². The van der Waals surface area contributed by atoms with Crippen LogP contribution in [-0.4, -0.2) is 25.8 Å². The van der Waals surface area contributed by atoms with Gasteiger partial charge in [-0.2, -0.15) is 0 Å². The first-order valence-corrected chi connectivity index (χ1v) is 8.95. The fourth-order valence-electron chi connectivity index (χ4n) is 1.61. The Bertz CT molecular complexity index is 459. The fourth-order valence-corrected chi connectivity index (χ4v) is 3.14. The molecule has 1 unspecified atom stereocenters. The van der Waals surface area contributed by atoms with Crippen LogP contribution in [0.15, 0.2) is 24.3 Å². The molecule has 1 rings (SSSR count). The molecule has 0 saturated carbocycles. The second kappa shape index (κ2) is 6.76. The summed E-state index contributed by atoms with van der Waals surface area (Å²) in [5.41, 5.74) is 1.15. The lowest BCUT2D eigenvalue weighted by Crippen LogP contribution is -2.13. The molecule has 1 aromatic rings. The molecule has 0 fully saturated rings. The third-order valence-electron chi connectivity index (χ3n) is 2.53. The van der Waals surface area contributed by atoms with Gasteiger partial charge in [0.2, 0.25) is 0 Å². The van der Waals surface area contributed by atoms with Crippen LogP contribution in [0, 0.1) is 5.92 Å².